The number of nitrogens with zero attached hydrogens (tertiary/aromatic N) is 1. The Morgan fingerprint density at radius 2 is 1.47 bits per heavy atom. The number of methoxy groups -OCH3 is 1. The molecular weight excluding hydrogens is 696 g/mol. The third-order valence-corrected chi connectivity index (χ3v) is 9.28. The van der Waals surface area contributed by atoms with E-state index in [4.69, 9.17) is 16.3 Å². The number of rotatable bonds is 15. The van der Waals surface area contributed by atoms with Crippen LogP contribution in [-0.2, 0) is 32.1 Å². The SMILES string of the molecule is COc1ccc(NC(=O)C2CCN(C(=O)N[C@@H](CCC(=O)NC(C)(C)C)C(=O)N[C@@H](CCc3ccccc3)C(=O)NCc3ccccc3Cl)CC2)cc1. The van der Waals surface area contributed by atoms with E-state index in [1.54, 1.807) is 48.4 Å². The fourth-order valence-electron chi connectivity index (χ4n) is 5.97. The van der Waals surface area contributed by atoms with Crippen LogP contribution in [0.15, 0.2) is 78.9 Å². The number of urea groups is 1. The van der Waals surface area contributed by atoms with Crippen molar-refractivity contribution in [1.82, 2.24) is 26.2 Å². The molecule has 3 aromatic rings. The minimum Gasteiger partial charge on any atom is -0.497 e. The summed E-state index contributed by atoms with van der Waals surface area (Å²) in [6.07, 6.45) is 1.66. The molecule has 1 saturated heterocycles. The van der Waals surface area contributed by atoms with E-state index in [0.29, 0.717) is 55.2 Å². The Bertz CT molecular complexity index is 1690. The fraction of sp³-hybridized carbons (Fsp3) is 0.425. The minimum absolute atomic E-state index is 0.00681. The van der Waals surface area contributed by atoms with Gasteiger partial charge in [-0.05, 0) is 94.3 Å². The summed E-state index contributed by atoms with van der Waals surface area (Å²) in [5.74, 6) is -1.00. The van der Waals surface area contributed by atoms with E-state index in [2.05, 4.69) is 26.6 Å². The van der Waals surface area contributed by atoms with Gasteiger partial charge < -0.3 is 36.2 Å². The van der Waals surface area contributed by atoms with Crippen LogP contribution in [-0.4, -0.2) is 72.4 Å². The summed E-state index contributed by atoms with van der Waals surface area (Å²) in [4.78, 5) is 68.4. The first-order valence-corrected chi connectivity index (χ1v) is 18.4. The van der Waals surface area contributed by atoms with Crippen molar-refractivity contribution in [2.24, 2.45) is 5.92 Å². The summed E-state index contributed by atoms with van der Waals surface area (Å²) in [6, 6.07) is 21.3. The Hall–Kier alpha value is -5.10. The summed E-state index contributed by atoms with van der Waals surface area (Å²) >= 11 is 6.31. The molecule has 1 aliphatic heterocycles. The average Bonchev–Trinajstić information content (AvgIpc) is 3.14. The zero-order valence-electron chi connectivity index (χ0n) is 30.9. The third kappa shape index (κ3) is 13.4. The second-order valence-electron chi connectivity index (χ2n) is 14.2. The minimum atomic E-state index is -1.11. The van der Waals surface area contributed by atoms with Crippen molar-refractivity contribution in [3.63, 3.8) is 0 Å². The number of piperidine rings is 1. The molecule has 4 rings (SSSR count). The van der Waals surface area contributed by atoms with Crippen LogP contribution in [0.2, 0.25) is 5.02 Å². The Morgan fingerprint density at radius 1 is 0.830 bits per heavy atom. The van der Waals surface area contributed by atoms with E-state index in [1.165, 1.54) is 0 Å². The summed E-state index contributed by atoms with van der Waals surface area (Å²) < 4.78 is 5.18. The first-order valence-electron chi connectivity index (χ1n) is 18.0. The van der Waals surface area contributed by atoms with Crippen molar-refractivity contribution < 1.29 is 28.7 Å². The predicted octanol–water partition coefficient (Wildman–Crippen LogP) is 5.21. The lowest BCUT2D eigenvalue weighted by Gasteiger charge is -2.33. The highest BCUT2D eigenvalue weighted by Gasteiger charge is 2.32. The maximum Gasteiger partial charge on any atom is 0.318 e. The number of hydrogen-bond donors (Lipinski definition) is 5. The van der Waals surface area contributed by atoms with E-state index in [-0.39, 0.29) is 37.1 Å². The molecule has 1 heterocycles. The lowest BCUT2D eigenvalue weighted by atomic mass is 9.96. The Kier molecular flexibility index (Phi) is 15.1. The number of benzene rings is 3. The van der Waals surface area contributed by atoms with E-state index < -0.39 is 35.5 Å². The number of anilines is 1. The van der Waals surface area contributed by atoms with Gasteiger partial charge in [-0.3, -0.25) is 19.2 Å². The molecule has 1 fully saturated rings. The lowest BCUT2D eigenvalue weighted by Crippen LogP contribution is -2.56. The molecule has 3 aromatic carbocycles. The number of ether oxygens (including phenoxy) is 1. The van der Waals surface area contributed by atoms with Crippen LogP contribution in [0.5, 0.6) is 5.75 Å². The van der Waals surface area contributed by atoms with Crippen LogP contribution in [0.4, 0.5) is 10.5 Å². The van der Waals surface area contributed by atoms with Gasteiger partial charge in [0.2, 0.25) is 23.6 Å². The predicted molar refractivity (Wildman–Crippen MR) is 205 cm³/mol. The summed E-state index contributed by atoms with van der Waals surface area (Å²) in [6.45, 7) is 6.34. The van der Waals surface area contributed by atoms with Gasteiger partial charge in [0, 0.05) is 48.2 Å². The topological polar surface area (TPSA) is 158 Å². The van der Waals surface area contributed by atoms with Gasteiger partial charge in [0.25, 0.3) is 0 Å². The quantitative estimate of drug-likeness (QED) is 0.144. The van der Waals surface area contributed by atoms with Crippen LogP contribution >= 0.6 is 11.6 Å². The second-order valence-corrected chi connectivity index (χ2v) is 14.6. The number of carbonyl (C=O) groups is 5. The number of carbonyl (C=O) groups excluding carboxylic acids is 5. The molecule has 0 unspecified atom stereocenters. The van der Waals surface area contributed by atoms with E-state index >= 15 is 0 Å². The number of likely N-dealkylation sites (tertiary alicyclic amines) is 1. The monoisotopic (exact) mass is 746 g/mol. The average molecular weight is 747 g/mol. The van der Waals surface area contributed by atoms with E-state index in [1.807, 2.05) is 63.2 Å². The van der Waals surface area contributed by atoms with Crippen molar-refractivity contribution in [3.8, 4) is 5.75 Å². The van der Waals surface area contributed by atoms with Crippen molar-refractivity contribution >= 4 is 46.9 Å². The number of amides is 6. The summed E-state index contributed by atoms with van der Waals surface area (Å²) in [7, 11) is 1.57. The Morgan fingerprint density at radius 3 is 2.11 bits per heavy atom. The number of halogens is 1. The van der Waals surface area contributed by atoms with Gasteiger partial charge in [0.05, 0.1) is 7.11 Å². The molecule has 2 atom stereocenters. The van der Waals surface area contributed by atoms with Crippen LogP contribution in [0.3, 0.4) is 0 Å². The van der Waals surface area contributed by atoms with E-state index in [0.717, 1.165) is 11.1 Å². The van der Waals surface area contributed by atoms with Gasteiger partial charge in [-0.2, -0.15) is 0 Å². The molecule has 1 aliphatic rings. The number of hydrogen-bond acceptors (Lipinski definition) is 6. The molecule has 53 heavy (non-hydrogen) atoms. The summed E-state index contributed by atoms with van der Waals surface area (Å²) in [5.41, 5.74) is 1.90. The summed E-state index contributed by atoms with van der Waals surface area (Å²) in [5, 5.41) is 14.9. The molecule has 12 nitrogen and oxygen atoms in total. The molecule has 13 heteroatoms. The van der Waals surface area contributed by atoms with Gasteiger partial charge in [-0.15, -0.1) is 0 Å². The van der Waals surface area contributed by atoms with Crippen molar-refractivity contribution in [2.45, 2.75) is 83.5 Å². The van der Waals surface area contributed by atoms with Crippen LogP contribution in [0.25, 0.3) is 0 Å². The molecule has 0 aliphatic carbocycles. The maximum absolute atomic E-state index is 13.9. The molecule has 0 bridgehead atoms. The maximum atomic E-state index is 13.9. The lowest BCUT2D eigenvalue weighted by molar-refractivity contribution is -0.130. The van der Waals surface area contributed by atoms with Gasteiger partial charge in [0.1, 0.15) is 17.8 Å². The highest BCUT2D eigenvalue weighted by atomic mass is 35.5. The molecule has 0 saturated carbocycles. The van der Waals surface area contributed by atoms with Crippen LogP contribution < -0.4 is 31.3 Å². The van der Waals surface area contributed by atoms with Crippen molar-refractivity contribution in [2.75, 3.05) is 25.5 Å². The highest BCUT2D eigenvalue weighted by Crippen LogP contribution is 2.22. The van der Waals surface area contributed by atoms with Gasteiger partial charge in [0.15, 0.2) is 0 Å². The zero-order valence-corrected chi connectivity index (χ0v) is 31.6. The smallest absolute Gasteiger partial charge is 0.318 e. The molecule has 284 valence electrons. The molecule has 0 radical (unpaired) electrons. The Balaban J connectivity index is 1.42. The van der Waals surface area contributed by atoms with Crippen molar-refractivity contribution in [3.05, 3.63) is 95.0 Å². The molecule has 6 amide bonds. The highest BCUT2D eigenvalue weighted by molar-refractivity contribution is 6.31. The molecular formula is C40H51ClN6O6. The Labute approximate surface area is 316 Å². The molecule has 5 N–H and O–H groups in total. The number of nitrogens with one attached hydrogen (secondary N) is 5. The molecule has 0 spiro atoms. The van der Waals surface area contributed by atoms with Gasteiger partial charge in [-0.25, -0.2) is 4.79 Å². The molecule has 0 aromatic heterocycles. The first-order chi connectivity index (χ1) is 25.3. The normalized spacial score (nSPS) is 14.3. The standard InChI is InChI=1S/C40H51ClN6O6/c1-40(2,3)46-35(48)21-20-34(45-39(52)47-24-22-28(23-25-47)36(49)43-30-15-17-31(53-4)18-16-30)38(51)44-33(19-14-27-10-6-5-7-11-27)37(50)42-26-29-12-8-9-13-32(29)41/h5-13,15-18,28,33-34H,14,19-26H2,1-4H3,(H,42,50)(H,43,49)(H,44,51)(H,45,52)(H,46,48)/t33-,34-/m0/s1. The van der Waals surface area contributed by atoms with Crippen LogP contribution in [0, 0.1) is 5.92 Å². The van der Waals surface area contributed by atoms with E-state index in [9.17, 15) is 24.0 Å². The zero-order chi connectivity index (χ0) is 38.4. The first kappa shape index (κ1) is 40.7. The van der Waals surface area contributed by atoms with Crippen molar-refractivity contribution in [1.29, 1.82) is 0 Å². The van der Waals surface area contributed by atoms with Crippen LogP contribution in [0.1, 0.15) is 64.0 Å². The second kappa shape index (κ2) is 19.7. The largest absolute Gasteiger partial charge is 0.497 e. The fourth-order valence-corrected chi connectivity index (χ4v) is 6.18. The number of aryl methyl sites for hydroxylation is 1. The van der Waals surface area contributed by atoms with Gasteiger partial charge >= 0.3 is 6.03 Å². The van der Waals surface area contributed by atoms with Gasteiger partial charge in [-0.1, -0.05) is 60.1 Å². The third-order valence-electron chi connectivity index (χ3n) is 8.91.